The molecule has 0 aliphatic heterocycles. The molecule has 0 unspecified atom stereocenters. The van der Waals surface area contributed by atoms with Crippen LogP contribution in [0.3, 0.4) is 0 Å². The number of hydrogen-bond acceptors (Lipinski definition) is 4. The Morgan fingerprint density at radius 1 is 0.462 bits per heavy atom. The van der Waals surface area contributed by atoms with Crippen molar-refractivity contribution in [2.24, 2.45) is 0 Å². The molecule has 4 N–H and O–H groups in total. The van der Waals surface area contributed by atoms with E-state index in [0.29, 0.717) is 30.8 Å². The van der Waals surface area contributed by atoms with Crippen LogP contribution in [0, 0.1) is 42.0 Å². The fraction of sp³-hybridized carbons (Fsp3) is 0.226. The van der Waals surface area contributed by atoms with Crippen LogP contribution in [0.1, 0.15) is 55.6 Å². The predicted molar refractivity (Wildman–Crippen MR) is 191 cm³/mol. The van der Waals surface area contributed by atoms with Crippen molar-refractivity contribution in [2.75, 3.05) is 0 Å². The average molecular weight is 972 g/mol. The SMILES string of the molecule is Cc1cc(Cc2cc(C)c(O)c(Cc3cc(I)c(O)c(I)c3)c2C)c(C)c(Cc2cc(I)c(O)c(I)c2)c1O. The van der Waals surface area contributed by atoms with Gasteiger partial charge < -0.3 is 20.4 Å². The minimum atomic E-state index is 0.288. The predicted octanol–water partition coefficient (Wildman–Crippen LogP) is 8.93. The van der Waals surface area contributed by atoms with Crippen molar-refractivity contribution in [3.63, 3.8) is 0 Å². The molecule has 0 aliphatic carbocycles. The van der Waals surface area contributed by atoms with E-state index in [0.717, 1.165) is 69.9 Å². The molecule has 204 valence electrons. The molecule has 4 aromatic rings. The number of phenols is 4. The Morgan fingerprint density at radius 3 is 1.08 bits per heavy atom. The lowest BCUT2D eigenvalue weighted by Gasteiger charge is -2.20. The van der Waals surface area contributed by atoms with E-state index in [-0.39, 0.29) is 11.5 Å². The standard InChI is InChI=1S/C31H28I4O4/c1-14-5-20(16(3)22(28(14)36)7-18-9-24(32)30(38)25(33)10-18)13-21-6-15(2)29(37)23(17(21)4)8-19-11-26(34)31(39)27(35)12-19/h5-6,9-12,36-39H,7-8,13H2,1-4H3. The van der Waals surface area contributed by atoms with Crippen LogP contribution in [0.2, 0.25) is 0 Å². The number of phenolic OH excluding ortho intramolecular Hbond substituents is 4. The Bertz CT molecular complexity index is 1450. The molecule has 4 rings (SSSR count). The molecule has 0 aromatic heterocycles. The summed E-state index contributed by atoms with van der Waals surface area (Å²) in [6.45, 7) is 7.98. The quantitative estimate of drug-likeness (QED) is 0.146. The van der Waals surface area contributed by atoms with Crippen LogP contribution in [0.15, 0.2) is 36.4 Å². The number of benzene rings is 4. The monoisotopic (exact) mass is 972 g/mol. The van der Waals surface area contributed by atoms with Gasteiger partial charge in [-0.25, -0.2) is 0 Å². The third-order valence-electron chi connectivity index (χ3n) is 7.26. The fourth-order valence-corrected chi connectivity index (χ4v) is 8.74. The summed E-state index contributed by atoms with van der Waals surface area (Å²) < 4.78 is 3.17. The molecule has 0 spiro atoms. The van der Waals surface area contributed by atoms with Gasteiger partial charge >= 0.3 is 0 Å². The Kier molecular flexibility index (Phi) is 9.90. The van der Waals surface area contributed by atoms with Gasteiger partial charge in [-0.05, 0) is 193 Å². The minimum Gasteiger partial charge on any atom is -0.507 e. The van der Waals surface area contributed by atoms with E-state index in [9.17, 15) is 20.4 Å². The first-order chi connectivity index (χ1) is 18.3. The molecular weight excluding hydrogens is 944 g/mol. The molecule has 0 bridgehead atoms. The second-order valence-corrected chi connectivity index (χ2v) is 14.6. The molecule has 0 fully saturated rings. The second-order valence-electron chi connectivity index (χ2n) is 9.96. The summed E-state index contributed by atoms with van der Waals surface area (Å²) in [5.41, 5.74) is 9.88. The highest BCUT2D eigenvalue weighted by atomic mass is 127. The van der Waals surface area contributed by atoms with Gasteiger partial charge in [0.2, 0.25) is 0 Å². The number of aromatic hydroxyl groups is 4. The van der Waals surface area contributed by atoms with Crippen LogP contribution >= 0.6 is 90.4 Å². The van der Waals surface area contributed by atoms with Crippen LogP contribution < -0.4 is 0 Å². The smallest absolute Gasteiger partial charge is 0.142 e. The number of rotatable bonds is 6. The Balaban J connectivity index is 1.74. The molecule has 0 amide bonds. The Labute approximate surface area is 283 Å². The Morgan fingerprint density at radius 2 is 0.769 bits per heavy atom. The van der Waals surface area contributed by atoms with E-state index in [2.05, 4.69) is 116 Å². The highest BCUT2D eigenvalue weighted by Crippen LogP contribution is 2.37. The lowest BCUT2D eigenvalue weighted by Crippen LogP contribution is -2.05. The van der Waals surface area contributed by atoms with Gasteiger partial charge in [0.15, 0.2) is 0 Å². The van der Waals surface area contributed by atoms with Crippen molar-refractivity contribution in [3.8, 4) is 23.0 Å². The van der Waals surface area contributed by atoms with E-state index in [1.807, 2.05) is 38.1 Å². The molecule has 0 saturated carbocycles. The normalized spacial score (nSPS) is 11.3. The van der Waals surface area contributed by atoms with E-state index >= 15 is 0 Å². The summed E-state index contributed by atoms with van der Waals surface area (Å²) in [6, 6.07) is 12.0. The minimum absolute atomic E-state index is 0.288. The molecule has 0 heterocycles. The molecule has 8 heteroatoms. The first kappa shape index (κ1) is 30.9. The molecule has 39 heavy (non-hydrogen) atoms. The summed E-state index contributed by atoms with van der Waals surface area (Å²) in [7, 11) is 0. The largest absolute Gasteiger partial charge is 0.507 e. The molecule has 0 atom stereocenters. The maximum Gasteiger partial charge on any atom is 0.142 e. The van der Waals surface area contributed by atoms with Crippen LogP contribution in [0.4, 0.5) is 0 Å². The zero-order valence-corrected chi connectivity index (χ0v) is 30.5. The van der Waals surface area contributed by atoms with Gasteiger partial charge in [-0.1, -0.05) is 12.1 Å². The summed E-state index contributed by atoms with van der Waals surface area (Å²) in [5, 5.41) is 42.4. The van der Waals surface area contributed by atoms with Gasteiger partial charge in [-0.3, -0.25) is 0 Å². The van der Waals surface area contributed by atoms with Gasteiger partial charge in [-0.2, -0.15) is 0 Å². The summed E-state index contributed by atoms with van der Waals surface area (Å²) in [4.78, 5) is 0. The highest BCUT2D eigenvalue weighted by molar-refractivity contribution is 14.1. The van der Waals surface area contributed by atoms with Gasteiger partial charge in [-0.15, -0.1) is 0 Å². The number of hydrogen-bond donors (Lipinski definition) is 4. The third-order valence-corrected chi connectivity index (χ3v) is 10.6. The molecule has 4 nitrogen and oxygen atoms in total. The topological polar surface area (TPSA) is 80.9 Å². The van der Waals surface area contributed by atoms with Crippen LogP contribution in [0.5, 0.6) is 23.0 Å². The van der Waals surface area contributed by atoms with Crippen molar-refractivity contribution in [1.82, 2.24) is 0 Å². The van der Waals surface area contributed by atoms with Gasteiger partial charge in [0.1, 0.15) is 23.0 Å². The van der Waals surface area contributed by atoms with Crippen molar-refractivity contribution in [1.29, 1.82) is 0 Å². The summed E-state index contributed by atoms with van der Waals surface area (Å²) in [6.07, 6.45) is 1.81. The Hall–Kier alpha value is -1.000. The lowest BCUT2D eigenvalue weighted by atomic mass is 9.87. The van der Waals surface area contributed by atoms with Crippen molar-refractivity contribution >= 4 is 90.4 Å². The fourth-order valence-electron chi connectivity index (χ4n) is 4.95. The molecule has 4 aromatic carbocycles. The zero-order valence-electron chi connectivity index (χ0n) is 21.9. The average Bonchev–Trinajstić information content (AvgIpc) is 2.87. The van der Waals surface area contributed by atoms with Gasteiger partial charge in [0.25, 0.3) is 0 Å². The lowest BCUT2D eigenvalue weighted by molar-refractivity contribution is 0.463. The van der Waals surface area contributed by atoms with Crippen LogP contribution in [-0.4, -0.2) is 20.4 Å². The number of aryl methyl sites for hydroxylation is 2. The third kappa shape index (κ3) is 6.58. The van der Waals surface area contributed by atoms with E-state index in [4.69, 9.17) is 0 Å². The molecular formula is C31H28I4O4. The zero-order chi connectivity index (χ0) is 28.8. The second kappa shape index (κ2) is 12.5. The maximum atomic E-state index is 11.0. The van der Waals surface area contributed by atoms with E-state index in [1.165, 1.54) is 0 Å². The molecule has 0 saturated heterocycles. The van der Waals surface area contributed by atoms with Crippen molar-refractivity contribution < 1.29 is 20.4 Å². The van der Waals surface area contributed by atoms with Crippen LogP contribution in [-0.2, 0) is 19.3 Å². The summed E-state index contributed by atoms with van der Waals surface area (Å²) >= 11 is 8.55. The van der Waals surface area contributed by atoms with Crippen LogP contribution in [0.25, 0.3) is 0 Å². The highest BCUT2D eigenvalue weighted by Gasteiger charge is 2.19. The molecule has 0 aliphatic rings. The van der Waals surface area contributed by atoms with E-state index < -0.39 is 0 Å². The number of halogens is 4. The van der Waals surface area contributed by atoms with E-state index in [1.54, 1.807) is 0 Å². The first-order valence-electron chi connectivity index (χ1n) is 12.2. The van der Waals surface area contributed by atoms with Gasteiger partial charge in [0.05, 0.1) is 14.3 Å². The first-order valence-corrected chi connectivity index (χ1v) is 16.6. The van der Waals surface area contributed by atoms with Crippen molar-refractivity contribution in [3.05, 3.63) is 106 Å². The van der Waals surface area contributed by atoms with Crippen molar-refractivity contribution in [2.45, 2.75) is 47.0 Å². The summed E-state index contributed by atoms with van der Waals surface area (Å²) in [5.74, 6) is 1.20. The molecule has 0 radical (unpaired) electrons. The van der Waals surface area contributed by atoms with Gasteiger partial charge in [0, 0.05) is 24.0 Å². The maximum absolute atomic E-state index is 11.0.